The van der Waals surface area contributed by atoms with Crippen molar-refractivity contribution < 1.29 is 4.74 Å². The smallest absolute Gasteiger partial charge is 0.118 e. The van der Waals surface area contributed by atoms with Gasteiger partial charge in [0.05, 0.1) is 19.1 Å². The van der Waals surface area contributed by atoms with Crippen molar-refractivity contribution in [1.82, 2.24) is 5.32 Å². The van der Waals surface area contributed by atoms with E-state index in [4.69, 9.17) is 4.74 Å². The Kier molecular flexibility index (Phi) is 5.16. The van der Waals surface area contributed by atoms with Crippen molar-refractivity contribution in [3.8, 4) is 11.8 Å². The molecular weight excluding hydrogens is 248 g/mol. The first-order chi connectivity index (χ1) is 9.83. The van der Waals surface area contributed by atoms with Crippen LogP contribution < -0.4 is 10.1 Å². The molecule has 0 spiro atoms. The Bertz CT molecular complexity index is 558. The van der Waals surface area contributed by atoms with Crippen LogP contribution in [0.4, 0.5) is 0 Å². The number of benzene rings is 2. The second-order valence-corrected chi connectivity index (χ2v) is 4.57. The summed E-state index contributed by atoms with van der Waals surface area (Å²) in [6, 6.07) is 20.1. The second-order valence-electron chi connectivity index (χ2n) is 4.57. The highest BCUT2D eigenvalue weighted by Crippen LogP contribution is 2.14. The first-order valence-corrected chi connectivity index (χ1v) is 6.61. The third-order valence-electron chi connectivity index (χ3n) is 3.19. The van der Waals surface area contributed by atoms with Crippen LogP contribution >= 0.6 is 0 Å². The molecule has 20 heavy (non-hydrogen) atoms. The van der Waals surface area contributed by atoms with Crippen molar-refractivity contribution in [3.63, 3.8) is 0 Å². The van der Waals surface area contributed by atoms with Crippen LogP contribution in [0.3, 0.4) is 0 Å². The quantitative estimate of drug-likeness (QED) is 0.874. The molecule has 0 aliphatic heterocycles. The number of hydrogen-bond donors (Lipinski definition) is 1. The fourth-order valence-corrected chi connectivity index (χ4v) is 2.03. The fraction of sp³-hybridized carbons (Fsp3) is 0.235. The second kappa shape index (κ2) is 7.32. The molecule has 102 valence electrons. The molecular formula is C17H18N2O. The molecule has 0 aliphatic carbocycles. The summed E-state index contributed by atoms with van der Waals surface area (Å²) in [5.41, 5.74) is 2.23. The normalized spacial score (nSPS) is 11.6. The van der Waals surface area contributed by atoms with E-state index in [1.165, 1.54) is 5.56 Å². The highest BCUT2D eigenvalue weighted by Gasteiger charge is 2.09. The molecule has 0 amide bonds. The van der Waals surface area contributed by atoms with E-state index in [9.17, 15) is 5.26 Å². The summed E-state index contributed by atoms with van der Waals surface area (Å²) in [5, 5.41) is 12.6. The number of methoxy groups -OCH3 is 1. The number of rotatable bonds is 6. The SMILES string of the molecule is COc1ccc(CNCC(C#N)c2ccccc2)cc1. The van der Waals surface area contributed by atoms with Gasteiger partial charge in [-0.2, -0.15) is 5.26 Å². The van der Waals surface area contributed by atoms with E-state index >= 15 is 0 Å². The first-order valence-electron chi connectivity index (χ1n) is 6.61. The van der Waals surface area contributed by atoms with Crippen LogP contribution in [0.2, 0.25) is 0 Å². The molecule has 2 aromatic rings. The molecule has 2 rings (SSSR count). The zero-order valence-electron chi connectivity index (χ0n) is 11.5. The molecule has 0 aromatic heterocycles. The van der Waals surface area contributed by atoms with Gasteiger partial charge in [-0.1, -0.05) is 42.5 Å². The largest absolute Gasteiger partial charge is 0.497 e. The molecule has 1 atom stereocenters. The zero-order valence-corrected chi connectivity index (χ0v) is 11.5. The van der Waals surface area contributed by atoms with Gasteiger partial charge in [0.25, 0.3) is 0 Å². The lowest BCUT2D eigenvalue weighted by Crippen LogP contribution is -2.20. The van der Waals surface area contributed by atoms with Gasteiger partial charge in [-0.3, -0.25) is 0 Å². The molecule has 0 radical (unpaired) electrons. The summed E-state index contributed by atoms with van der Waals surface area (Å²) in [6.45, 7) is 1.39. The Morgan fingerprint density at radius 1 is 1.10 bits per heavy atom. The summed E-state index contributed by atoms with van der Waals surface area (Å²) >= 11 is 0. The fourth-order valence-electron chi connectivity index (χ4n) is 2.03. The van der Waals surface area contributed by atoms with Crippen LogP contribution in [0.15, 0.2) is 54.6 Å². The number of nitrogens with zero attached hydrogens (tertiary/aromatic N) is 1. The minimum atomic E-state index is -0.116. The number of nitriles is 1. The lowest BCUT2D eigenvalue weighted by atomic mass is 10.0. The molecule has 0 saturated carbocycles. The maximum absolute atomic E-state index is 9.24. The van der Waals surface area contributed by atoms with Gasteiger partial charge in [0.1, 0.15) is 5.75 Å². The molecule has 1 unspecified atom stereocenters. The standard InChI is InChI=1S/C17H18N2O/c1-20-17-9-7-14(8-10-17)12-19-13-16(11-18)15-5-3-2-4-6-15/h2-10,16,19H,12-13H2,1H3. The number of ether oxygens (including phenoxy) is 1. The summed E-state index contributed by atoms with van der Waals surface area (Å²) in [4.78, 5) is 0. The van der Waals surface area contributed by atoms with Gasteiger partial charge in [-0.15, -0.1) is 0 Å². The van der Waals surface area contributed by atoms with E-state index in [0.717, 1.165) is 17.9 Å². The molecule has 3 heteroatoms. The molecule has 0 bridgehead atoms. The lowest BCUT2D eigenvalue weighted by Gasteiger charge is -2.11. The topological polar surface area (TPSA) is 45.0 Å². The van der Waals surface area contributed by atoms with Crippen molar-refractivity contribution in [2.75, 3.05) is 13.7 Å². The predicted octanol–water partition coefficient (Wildman–Crippen LogP) is 3.09. The summed E-state index contributed by atoms with van der Waals surface area (Å²) < 4.78 is 5.12. The van der Waals surface area contributed by atoms with Crippen LogP contribution in [-0.4, -0.2) is 13.7 Å². The molecule has 0 aliphatic rings. The Labute approximate surface area is 119 Å². The monoisotopic (exact) mass is 266 g/mol. The van der Waals surface area contributed by atoms with Gasteiger partial charge >= 0.3 is 0 Å². The molecule has 1 N–H and O–H groups in total. The third kappa shape index (κ3) is 3.84. The molecule has 0 heterocycles. The van der Waals surface area contributed by atoms with Gasteiger partial charge < -0.3 is 10.1 Å². The van der Waals surface area contributed by atoms with Crippen molar-refractivity contribution in [1.29, 1.82) is 5.26 Å². The van der Waals surface area contributed by atoms with E-state index in [1.54, 1.807) is 7.11 Å². The summed E-state index contributed by atoms with van der Waals surface area (Å²) in [5.74, 6) is 0.738. The molecule has 0 saturated heterocycles. The van der Waals surface area contributed by atoms with Gasteiger partial charge in [0.15, 0.2) is 0 Å². The maximum Gasteiger partial charge on any atom is 0.118 e. The van der Waals surface area contributed by atoms with Crippen LogP contribution in [0, 0.1) is 11.3 Å². The average Bonchev–Trinajstić information content (AvgIpc) is 2.53. The van der Waals surface area contributed by atoms with Crippen molar-refractivity contribution in [2.24, 2.45) is 0 Å². The highest BCUT2D eigenvalue weighted by atomic mass is 16.5. The van der Waals surface area contributed by atoms with E-state index in [2.05, 4.69) is 11.4 Å². The average molecular weight is 266 g/mol. The van der Waals surface area contributed by atoms with E-state index in [-0.39, 0.29) is 5.92 Å². The van der Waals surface area contributed by atoms with E-state index in [1.807, 2.05) is 54.6 Å². The Morgan fingerprint density at radius 2 is 1.80 bits per heavy atom. The molecule has 0 fully saturated rings. The Balaban J connectivity index is 1.86. The van der Waals surface area contributed by atoms with Crippen LogP contribution in [0.5, 0.6) is 5.75 Å². The lowest BCUT2D eigenvalue weighted by molar-refractivity contribution is 0.414. The highest BCUT2D eigenvalue weighted by molar-refractivity contribution is 5.27. The van der Waals surface area contributed by atoms with E-state index in [0.29, 0.717) is 6.54 Å². The summed E-state index contributed by atoms with van der Waals surface area (Å²) in [7, 11) is 1.66. The van der Waals surface area contributed by atoms with Gasteiger partial charge in [-0.25, -0.2) is 0 Å². The van der Waals surface area contributed by atoms with Crippen molar-refractivity contribution in [2.45, 2.75) is 12.5 Å². The zero-order chi connectivity index (χ0) is 14.2. The van der Waals surface area contributed by atoms with Crippen LogP contribution in [-0.2, 0) is 6.54 Å². The summed E-state index contributed by atoms with van der Waals surface area (Å²) in [6.07, 6.45) is 0. The molecule has 2 aromatic carbocycles. The van der Waals surface area contributed by atoms with Crippen LogP contribution in [0.25, 0.3) is 0 Å². The molecule has 3 nitrogen and oxygen atoms in total. The van der Waals surface area contributed by atoms with Crippen molar-refractivity contribution >= 4 is 0 Å². The third-order valence-corrected chi connectivity index (χ3v) is 3.19. The maximum atomic E-state index is 9.24. The van der Waals surface area contributed by atoms with E-state index < -0.39 is 0 Å². The van der Waals surface area contributed by atoms with Crippen molar-refractivity contribution in [3.05, 3.63) is 65.7 Å². The number of nitrogens with one attached hydrogen (secondary N) is 1. The van der Waals surface area contributed by atoms with Gasteiger partial charge in [-0.05, 0) is 23.3 Å². The van der Waals surface area contributed by atoms with Gasteiger partial charge in [0, 0.05) is 13.1 Å². The minimum Gasteiger partial charge on any atom is -0.497 e. The first kappa shape index (κ1) is 14.1. The van der Waals surface area contributed by atoms with Gasteiger partial charge in [0.2, 0.25) is 0 Å². The minimum absolute atomic E-state index is 0.116. The number of hydrogen-bond acceptors (Lipinski definition) is 3. The van der Waals surface area contributed by atoms with Crippen LogP contribution in [0.1, 0.15) is 17.0 Å². The predicted molar refractivity (Wildman–Crippen MR) is 79.5 cm³/mol. The Hall–Kier alpha value is -2.31. The Morgan fingerprint density at radius 3 is 2.40 bits per heavy atom.